The summed E-state index contributed by atoms with van der Waals surface area (Å²) in [7, 11) is 0. The molecular formula is C17H27N2O2+. The Morgan fingerprint density at radius 3 is 2.52 bits per heavy atom. The van der Waals surface area contributed by atoms with Crippen molar-refractivity contribution in [3.63, 3.8) is 0 Å². The Labute approximate surface area is 127 Å². The maximum absolute atomic E-state index is 12.1. The predicted octanol–water partition coefficient (Wildman–Crippen LogP) is 1.32. The maximum atomic E-state index is 12.1. The molecule has 0 aromatic heterocycles. The van der Waals surface area contributed by atoms with Crippen LogP contribution in [0.25, 0.3) is 0 Å². The topological polar surface area (TPSA) is 42.8 Å². The van der Waals surface area contributed by atoms with E-state index in [0.717, 1.165) is 25.3 Å². The smallest absolute Gasteiger partial charge is 0.230 e. The zero-order valence-corrected chi connectivity index (χ0v) is 13.5. The molecule has 0 saturated carbocycles. The van der Waals surface area contributed by atoms with Gasteiger partial charge in [-0.1, -0.05) is 6.07 Å². The molecule has 4 nitrogen and oxygen atoms in total. The molecule has 1 aliphatic heterocycles. The molecule has 1 amide bonds. The number of ether oxygens (including phenoxy) is 1. The van der Waals surface area contributed by atoms with Crippen LogP contribution in [0.4, 0.5) is 5.69 Å². The first kappa shape index (κ1) is 16.0. The Balaban J connectivity index is 1.80. The third kappa shape index (κ3) is 4.83. The SMILES string of the molecule is Cc1ccc(NC(=O)CC[NH+]2C[C@@H](C)O[C@H](C)C2)cc1C. The monoisotopic (exact) mass is 291 g/mol. The first-order valence-corrected chi connectivity index (χ1v) is 7.80. The van der Waals surface area contributed by atoms with Crippen LogP contribution < -0.4 is 10.2 Å². The Bertz CT molecular complexity index is 492. The van der Waals surface area contributed by atoms with E-state index < -0.39 is 0 Å². The molecule has 2 atom stereocenters. The number of hydrogen-bond donors (Lipinski definition) is 2. The number of carbonyl (C=O) groups excluding carboxylic acids is 1. The molecule has 0 bridgehead atoms. The highest BCUT2D eigenvalue weighted by molar-refractivity contribution is 5.90. The summed E-state index contributed by atoms with van der Waals surface area (Å²) in [6.07, 6.45) is 1.12. The van der Waals surface area contributed by atoms with Crippen LogP contribution in [0, 0.1) is 13.8 Å². The van der Waals surface area contributed by atoms with E-state index in [1.165, 1.54) is 16.0 Å². The van der Waals surface area contributed by atoms with Gasteiger partial charge in [0.25, 0.3) is 0 Å². The minimum absolute atomic E-state index is 0.0950. The molecule has 21 heavy (non-hydrogen) atoms. The minimum Gasteiger partial charge on any atom is -0.364 e. The van der Waals surface area contributed by atoms with Gasteiger partial charge in [0, 0.05) is 5.69 Å². The Hall–Kier alpha value is -1.39. The van der Waals surface area contributed by atoms with E-state index in [9.17, 15) is 4.79 Å². The fraction of sp³-hybridized carbons (Fsp3) is 0.588. The van der Waals surface area contributed by atoms with Crippen molar-refractivity contribution in [1.82, 2.24) is 0 Å². The van der Waals surface area contributed by atoms with Crippen molar-refractivity contribution in [2.75, 3.05) is 25.0 Å². The van der Waals surface area contributed by atoms with Gasteiger partial charge in [-0.05, 0) is 51.0 Å². The lowest BCUT2D eigenvalue weighted by molar-refractivity contribution is -0.914. The van der Waals surface area contributed by atoms with E-state index in [-0.39, 0.29) is 18.1 Å². The highest BCUT2D eigenvalue weighted by Gasteiger charge is 2.25. The number of quaternary nitrogens is 1. The predicted molar refractivity (Wildman–Crippen MR) is 84.7 cm³/mol. The normalized spacial score (nSPS) is 25.6. The average molecular weight is 291 g/mol. The maximum Gasteiger partial charge on any atom is 0.230 e. The third-order valence-electron chi connectivity index (χ3n) is 4.11. The molecule has 1 aromatic rings. The molecule has 0 spiro atoms. The molecule has 1 fully saturated rings. The quantitative estimate of drug-likeness (QED) is 0.879. The lowest BCUT2D eigenvalue weighted by Gasteiger charge is -2.32. The third-order valence-corrected chi connectivity index (χ3v) is 4.11. The molecule has 2 rings (SSSR count). The molecule has 1 heterocycles. The summed E-state index contributed by atoms with van der Waals surface area (Å²) in [4.78, 5) is 13.5. The van der Waals surface area contributed by atoms with Gasteiger partial charge in [0.05, 0.1) is 13.0 Å². The molecule has 1 saturated heterocycles. The second kappa shape index (κ2) is 7.05. The summed E-state index contributed by atoms with van der Waals surface area (Å²) >= 11 is 0. The number of anilines is 1. The largest absolute Gasteiger partial charge is 0.364 e. The van der Waals surface area contributed by atoms with Gasteiger partial charge >= 0.3 is 0 Å². The first-order chi connectivity index (χ1) is 9.94. The zero-order chi connectivity index (χ0) is 15.4. The zero-order valence-electron chi connectivity index (χ0n) is 13.5. The van der Waals surface area contributed by atoms with Crippen molar-refractivity contribution in [3.8, 4) is 0 Å². The summed E-state index contributed by atoms with van der Waals surface area (Å²) in [6.45, 7) is 11.2. The second-order valence-corrected chi connectivity index (χ2v) is 6.26. The Morgan fingerprint density at radius 1 is 1.24 bits per heavy atom. The lowest BCUT2D eigenvalue weighted by Crippen LogP contribution is -3.15. The van der Waals surface area contributed by atoms with Gasteiger partial charge in [0.15, 0.2) is 0 Å². The molecule has 0 unspecified atom stereocenters. The van der Waals surface area contributed by atoms with Crippen LogP contribution in [-0.4, -0.2) is 37.7 Å². The minimum atomic E-state index is 0.0950. The number of nitrogens with one attached hydrogen (secondary N) is 2. The summed E-state index contributed by atoms with van der Waals surface area (Å²) < 4.78 is 5.72. The Morgan fingerprint density at radius 2 is 1.90 bits per heavy atom. The van der Waals surface area contributed by atoms with E-state index in [1.54, 1.807) is 0 Å². The molecule has 2 N–H and O–H groups in total. The van der Waals surface area contributed by atoms with Crippen LogP contribution in [0.1, 0.15) is 31.4 Å². The highest BCUT2D eigenvalue weighted by atomic mass is 16.5. The lowest BCUT2D eigenvalue weighted by atomic mass is 10.1. The number of hydrogen-bond acceptors (Lipinski definition) is 2. The van der Waals surface area contributed by atoms with Gasteiger partial charge in [-0.2, -0.15) is 0 Å². The standard InChI is InChI=1S/C17H26N2O2/c1-12-5-6-16(9-13(12)2)18-17(20)7-8-19-10-14(3)21-15(4)11-19/h5-6,9,14-15H,7-8,10-11H2,1-4H3,(H,18,20)/p+1/t14-,15-/m1/s1. The molecule has 4 heteroatoms. The van der Waals surface area contributed by atoms with Crippen LogP contribution in [0.3, 0.4) is 0 Å². The van der Waals surface area contributed by atoms with Gasteiger partial charge in [-0.15, -0.1) is 0 Å². The van der Waals surface area contributed by atoms with E-state index in [0.29, 0.717) is 6.42 Å². The van der Waals surface area contributed by atoms with Gasteiger partial charge < -0.3 is 15.0 Å². The van der Waals surface area contributed by atoms with Crippen molar-refractivity contribution >= 4 is 11.6 Å². The summed E-state index contributed by atoms with van der Waals surface area (Å²) in [5.41, 5.74) is 3.34. The van der Waals surface area contributed by atoms with Gasteiger partial charge in [0.2, 0.25) is 5.91 Å². The van der Waals surface area contributed by atoms with Gasteiger partial charge in [-0.3, -0.25) is 4.79 Å². The van der Waals surface area contributed by atoms with Crippen LogP contribution in [0.2, 0.25) is 0 Å². The number of amides is 1. The van der Waals surface area contributed by atoms with Gasteiger partial charge in [0.1, 0.15) is 25.3 Å². The van der Waals surface area contributed by atoms with Crippen molar-refractivity contribution in [3.05, 3.63) is 29.3 Å². The van der Waals surface area contributed by atoms with Crippen molar-refractivity contribution < 1.29 is 14.4 Å². The summed E-state index contributed by atoms with van der Waals surface area (Å²) in [5.74, 6) is 0.0950. The summed E-state index contributed by atoms with van der Waals surface area (Å²) in [5, 5.41) is 2.99. The number of carbonyl (C=O) groups is 1. The number of aryl methyl sites for hydroxylation is 2. The van der Waals surface area contributed by atoms with E-state index in [2.05, 4.69) is 33.0 Å². The fourth-order valence-corrected chi connectivity index (χ4v) is 2.93. The van der Waals surface area contributed by atoms with Crippen LogP contribution in [0.15, 0.2) is 18.2 Å². The number of benzene rings is 1. The van der Waals surface area contributed by atoms with Crippen LogP contribution in [-0.2, 0) is 9.53 Å². The van der Waals surface area contributed by atoms with Crippen molar-refractivity contribution in [2.45, 2.75) is 46.3 Å². The number of morpholine rings is 1. The van der Waals surface area contributed by atoms with Crippen LogP contribution >= 0.6 is 0 Å². The molecule has 1 aliphatic rings. The molecule has 0 aliphatic carbocycles. The fourth-order valence-electron chi connectivity index (χ4n) is 2.93. The average Bonchev–Trinajstić information content (AvgIpc) is 2.40. The first-order valence-electron chi connectivity index (χ1n) is 7.80. The molecular weight excluding hydrogens is 264 g/mol. The van der Waals surface area contributed by atoms with Crippen LogP contribution in [0.5, 0.6) is 0 Å². The highest BCUT2D eigenvalue weighted by Crippen LogP contribution is 2.14. The van der Waals surface area contributed by atoms with E-state index >= 15 is 0 Å². The van der Waals surface area contributed by atoms with E-state index in [4.69, 9.17) is 4.74 Å². The molecule has 116 valence electrons. The molecule has 1 aromatic carbocycles. The number of rotatable bonds is 4. The van der Waals surface area contributed by atoms with Crippen molar-refractivity contribution in [1.29, 1.82) is 0 Å². The summed E-state index contributed by atoms with van der Waals surface area (Å²) in [6, 6.07) is 6.03. The van der Waals surface area contributed by atoms with Gasteiger partial charge in [-0.25, -0.2) is 0 Å². The van der Waals surface area contributed by atoms with E-state index in [1.807, 2.05) is 18.2 Å². The second-order valence-electron chi connectivity index (χ2n) is 6.26. The molecule has 0 radical (unpaired) electrons. The Kier molecular flexibility index (Phi) is 5.37. The van der Waals surface area contributed by atoms with Crippen molar-refractivity contribution in [2.24, 2.45) is 0 Å².